The quantitative estimate of drug-likeness (QED) is 0.252. The van der Waals surface area contributed by atoms with Crippen LogP contribution in [0.15, 0.2) is 0 Å². The van der Waals surface area contributed by atoms with Crippen molar-refractivity contribution >= 4 is 5.97 Å². The minimum atomic E-state index is -0.0338. The number of nitrogens with zero attached hydrogens (tertiary/aromatic N) is 1. The lowest BCUT2D eigenvalue weighted by Gasteiger charge is -2.40. The first-order valence-electron chi connectivity index (χ1n) is 14.2. The fourth-order valence-corrected chi connectivity index (χ4v) is 6.91. The Kier molecular flexibility index (Phi) is 10.4. The van der Waals surface area contributed by atoms with E-state index in [9.17, 15) is 10.1 Å². The van der Waals surface area contributed by atoms with E-state index in [0.29, 0.717) is 0 Å². The summed E-state index contributed by atoms with van der Waals surface area (Å²) in [5, 5.41) is 9.82. The summed E-state index contributed by atoms with van der Waals surface area (Å²) in [6, 6.07) is 2.71. The van der Waals surface area contributed by atoms with Crippen LogP contribution >= 0.6 is 0 Å². The molecule has 3 saturated carbocycles. The fourth-order valence-electron chi connectivity index (χ4n) is 6.91. The lowest BCUT2D eigenvalue weighted by Crippen LogP contribution is -2.34. The first-order valence-corrected chi connectivity index (χ1v) is 14.2. The third-order valence-electron chi connectivity index (χ3n) is 9.30. The van der Waals surface area contributed by atoms with Crippen molar-refractivity contribution in [3.8, 4) is 6.07 Å². The van der Waals surface area contributed by atoms with Crippen LogP contribution < -0.4 is 0 Å². The second kappa shape index (κ2) is 13.0. The number of carbonyl (C=O) groups excluding carboxylic acids is 1. The highest BCUT2D eigenvalue weighted by atomic mass is 16.5. The molecule has 0 radical (unpaired) electrons. The minimum Gasteiger partial charge on any atom is -0.462 e. The smallest absolute Gasteiger partial charge is 0.309 e. The number of unbranched alkanes of at least 4 members (excludes halogenated alkanes) is 3. The molecule has 0 spiro atoms. The molecule has 3 aliphatic carbocycles. The highest BCUT2D eigenvalue weighted by molar-refractivity contribution is 5.72. The minimum absolute atomic E-state index is 0.0338. The van der Waals surface area contributed by atoms with Gasteiger partial charge in [0.1, 0.15) is 6.10 Å². The lowest BCUT2D eigenvalue weighted by atomic mass is 9.64. The number of hydrogen-bond acceptors (Lipinski definition) is 3. The third kappa shape index (κ3) is 7.23. The van der Waals surface area contributed by atoms with Gasteiger partial charge in [-0.2, -0.15) is 5.26 Å². The maximum atomic E-state index is 12.7. The molecule has 0 amide bonds. The zero-order valence-corrected chi connectivity index (χ0v) is 21.1. The molecule has 0 aromatic carbocycles. The summed E-state index contributed by atoms with van der Waals surface area (Å²) >= 11 is 0. The van der Waals surface area contributed by atoms with Gasteiger partial charge < -0.3 is 4.74 Å². The van der Waals surface area contributed by atoms with Gasteiger partial charge in [-0.1, -0.05) is 52.4 Å². The number of nitriles is 1. The van der Waals surface area contributed by atoms with Crippen LogP contribution in [0.3, 0.4) is 0 Å². The summed E-state index contributed by atoms with van der Waals surface area (Å²) in [5.41, 5.74) is -0.0338. The predicted molar refractivity (Wildman–Crippen MR) is 131 cm³/mol. The standard InChI is InChI=1S/C29H49NO2/c1-3-5-7-19-29(22-30)20-17-25(18-21-29)24-13-15-27(16-14-24)32-28(31)26-11-9-23(10-12-26)8-6-4-2/h23-27H,3-21H2,1-2H3. The summed E-state index contributed by atoms with van der Waals surface area (Å²) < 4.78 is 6.01. The Bertz CT molecular complexity index is 585. The maximum Gasteiger partial charge on any atom is 0.309 e. The Labute approximate surface area is 198 Å². The molecular formula is C29H49NO2. The van der Waals surface area contributed by atoms with Gasteiger partial charge >= 0.3 is 5.97 Å². The molecule has 3 rings (SSSR count). The van der Waals surface area contributed by atoms with Gasteiger partial charge in [0, 0.05) is 0 Å². The van der Waals surface area contributed by atoms with Gasteiger partial charge in [0.15, 0.2) is 0 Å². The van der Waals surface area contributed by atoms with Gasteiger partial charge in [-0.25, -0.2) is 0 Å². The summed E-state index contributed by atoms with van der Waals surface area (Å²) in [7, 11) is 0. The van der Waals surface area contributed by atoms with Crippen LogP contribution in [0.25, 0.3) is 0 Å². The Balaban J connectivity index is 1.34. The van der Waals surface area contributed by atoms with E-state index in [0.717, 1.165) is 62.7 Å². The Hall–Kier alpha value is -1.04. The molecule has 0 atom stereocenters. The van der Waals surface area contributed by atoms with Crippen molar-refractivity contribution in [3.05, 3.63) is 0 Å². The topological polar surface area (TPSA) is 50.1 Å². The van der Waals surface area contributed by atoms with Crippen molar-refractivity contribution in [1.82, 2.24) is 0 Å². The van der Waals surface area contributed by atoms with Gasteiger partial charge in [-0.05, 0) is 101 Å². The van der Waals surface area contributed by atoms with Gasteiger partial charge in [0.25, 0.3) is 0 Å². The summed E-state index contributed by atoms with van der Waals surface area (Å²) in [4.78, 5) is 12.7. The van der Waals surface area contributed by atoms with E-state index in [4.69, 9.17) is 4.74 Å². The first-order chi connectivity index (χ1) is 15.6. The number of ether oxygens (including phenoxy) is 1. The largest absolute Gasteiger partial charge is 0.462 e. The summed E-state index contributed by atoms with van der Waals surface area (Å²) in [5.74, 6) is 2.68. The van der Waals surface area contributed by atoms with Crippen LogP contribution in [0.5, 0.6) is 0 Å². The van der Waals surface area contributed by atoms with Gasteiger partial charge in [0.05, 0.1) is 17.4 Å². The van der Waals surface area contributed by atoms with E-state index in [1.54, 1.807) is 0 Å². The van der Waals surface area contributed by atoms with E-state index in [2.05, 4.69) is 19.9 Å². The molecule has 0 unspecified atom stereocenters. The molecule has 0 saturated heterocycles. The molecule has 3 fully saturated rings. The molecule has 0 aliphatic heterocycles. The molecule has 0 aromatic heterocycles. The summed E-state index contributed by atoms with van der Waals surface area (Å²) in [6.45, 7) is 4.50. The number of rotatable bonds is 10. The van der Waals surface area contributed by atoms with Gasteiger partial charge in [-0.15, -0.1) is 0 Å². The zero-order valence-electron chi connectivity index (χ0n) is 21.1. The molecule has 32 heavy (non-hydrogen) atoms. The normalized spacial score (nSPS) is 35.7. The second-order valence-electron chi connectivity index (χ2n) is 11.5. The fraction of sp³-hybridized carbons (Fsp3) is 0.931. The molecular weight excluding hydrogens is 394 g/mol. The number of hydrogen-bond donors (Lipinski definition) is 0. The van der Waals surface area contributed by atoms with Crippen LogP contribution in [0, 0.1) is 40.4 Å². The molecule has 3 aliphatic rings. The predicted octanol–water partition coefficient (Wildman–Crippen LogP) is 8.37. The number of carbonyl (C=O) groups is 1. The van der Waals surface area contributed by atoms with Crippen LogP contribution in [0.1, 0.15) is 136 Å². The second-order valence-corrected chi connectivity index (χ2v) is 11.5. The van der Waals surface area contributed by atoms with Gasteiger partial charge in [-0.3, -0.25) is 4.79 Å². The molecule has 0 heterocycles. The molecule has 182 valence electrons. The monoisotopic (exact) mass is 443 g/mol. The van der Waals surface area contributed by atoms with E-state index in [-0.39, 0.29) is 23.4 Å². The van der Waals surface area contributed by atoms with Crippen molar-refractivity contribution in [2.75, 3.05) is 0 Å². The van der Waals surface area contributed by atoms with Crippen molar-refractivity contribution < 1.29 is 9.53 Å². The van der Waals surface area contributed by atoms with Gasteiger partial charge in [0.2, 0.25) is 0 Å². The van der Waals surface area contributed by atoms with E-state index < -0.39 is 0 Å². The molecule has 3 nitrogen and oxygen atoms in total. The van der Waals surface area contributed by atoms with E-state index in [1.807, 2.05) is 0 Å². The Morgan fingerprint density at radius 3 is 2.06 bits per heavy atom. The zero-order chi connectivity index (χ0) is 22.8. The average Bonchev–Trinajstić information content (AvgIpc) is 2.84. The SMILES string of the molecule is CCCCCC1(C#N)CCC(C2CCC(OC(=O)C3CCC(CCCC)CC3)CC2)CC1. The van der Waals surface area contributed by atoms with E-state index in [1.165, 1.54) is 77.0 Å². The first kappa shape index (κ1) is 25.6. The van der Waals surface area contributed by atoms with Crippen molar-refractivity contribution in [3.63, 3.8) is 0 Å². The number of esters is 1. The van der Waals surface area contributed by atoms with Crippen molar-refractivity contribution in [1.29, 1.82) is 5.26 Å². The van der Waals surface area contributed by atoms with Crippen LogP contribution in [0.4, 0.5) is 0 Å². The Morgan fingerprint density at radius 1 is 0.844 bits per heavy atom. The van der Waals surface area contributed by atoms with Crippen molar-refractivity contribution in [2.24, 2.45) is 29.1 Å². The summed E-state index contributed by atoms with van der Waals surface area (Å²) in [6.07, 6.45) is 22.7. The van der Waals surface area contributed by atoms with Crippen LogP contribution in [-0.4, -0.2) is 12.1 Å². The molecule has 0 aromatic rings. The van der Waals surface area contributed by atoms with Crippen LogP contribution in [0.2, 0.25) is 0 Å². The van der Waals surface area contributed by atoms with E-state index >= 15 is 0 Å². The molecule has 0 N–H and O–H groups in total. The molecule has 0 bridgehead atoms. The maximum absolute atomic E-state index is 12.7. The molecule has 3 heteroatoms. The Morgan fingerprint density at radius 2 is 1.47 bits per heavy atom. The highest BCUT2D eigenvalue weighted by Gasteiger charge is 2.39. The highest BCUT2D eigenvalue weighted by Crippen LogP contribution is 2.47. The lowest BCUT2D eigenvalue weighted by molar-refractivity contribution is -0.157. The average molecular weight is 444 g/mol. The van der Waals surface area contributed by atoms with Crippen LogP contribution in [-0.2, 0) is 9.53 Å². The third-order valence-corrected chi connectivity index (χ3v) is 9.30. The van der Waals surface area contributed by atoms with Crippen molar-refractivity contribution in [2.45, 2.75) is 142 Å².